The molecule has 1 atom stereocenters. The number of nitrogens with zero attached hydrogens (tertiary/aromatic N) is 2. The number of amides is 1. The molecule has 7 heteroatoms. The molecule has 146 valence electrons. The quantitative estimate of drug-likeness (QED) is 0.496. The summed E-state index contributed by atoms with van der Waals surface area (Å²) < 4.78 is 1.58. The van der Waals surface area contributed by atoms with Crippen molar-refractivity contribution in [3.05, 3.63) is 56.7 Å². The van der Waals surface area contributed by atoms with E-state index < -0.39 is 0 Å². The van der Waals surface area contributed by atoms with E-state index in [4.69, 9.17) is 0 Å². The number of aryl methyl sites for hydroxylation is 2. The Hall–Kier alpha value is -2.12. The van der Waals surface area contributed by atoms with Gasteiger partial charge in [-0.1, -0.05) is 49.0 Å². The Balaban J connectivity index is 1.41. The maximum absolute atomic E-state index is 12.8. The van der Waals surface area contributed by atoms with Gasteiger partial charge in [0.1, 0.15) is 4.83 Å². The summed E-state index contributed by atoms with van der Waals surface area (Å²) in [5.74, 6) is 0.455. The minimum atomic E-state index is -0.0456. The third-order valence-corrected chi connectivity index (χ3v) is 7.43. The summed E-state index contributed by atoms with van der Waals surface area (Å²) in [6.45, 7) is 2.68. The van der Waals surface area contributed by atoms with Crippen molar-refractivity contribution in [2.45, 2.75) is 37.3 Å². The lowest BCUT2D eigenvalue weighted by Gasteiger charge is -2.13. The zero-order chi connectivity index (χ0) is 19.7. The van der Waals surface area contributed by atoms with Crippen LogP contribution in [0.2, 0.25) is 0 Å². The van der Waals surface area contributed by atoms with Crippen molar-refractivity contribution >= 4 is 39.2 Å². The normalized spacial score (nSPS) is 14.2. The molecule has 1 aliphatic carbocycles. The Morgan fingerprint density at radius 3 is 2.89 bits per heavy atom. The summed E-state index contributed by atoms with van der Waals surface area (Å²) in [5.41, 5.74) is 2.40. The second-order valence-corrected chi connectivity index (χ2v) is 9.23. The van der Waals surface area contributed by atoms with E-state index in [1.807, 2.05) is 18.2 Å². The number of hydrogen-bond acceptors (Lipinski definition) is 5. The number of benzene rings is 1. The van der Waals surface area contributed by atoms with Crippen LogP contribution >= 0.6 is 23.1 Å². The van der Waals surface area contributed by atoms with Crippen molar-refractivity contribution in [2.75, 3.05) is 12.3 Å². The van der Waals surface area contributed by atoms with Gasteiger partial charge in [-0.05, 0) is 36.3 Å². The third-order valence-electron chi connectivity index (χ3n) is 5.21. The number of fused-ring (bicyclic) bond motifs is 3. The fourth-order valence-corrected chi connectivity index (χ4v) is 5.69. The molecule has 0 saturated heterocycles. The molecule has 2 heterocycles. The Kier molecular flexibility index (Phi) is 5.55. The average molecular weight is 414 g/mol. The minimum absolute atomic E-state index is 0.00464. The number of rotatable bonds is 6. The Morgan fingerprint density at radius 1 is 1.32 bits per heavy atom. The van der Waals surface area contributed by atoms with Crippen molar-refractivity contribution < 1.29 is 4.79 Å². The molecule has 2 aromatic heterocycles. The summed E-state index contributed by atoms with van der Waals surface area (Å²) in [4.78, 5) is 31.9. The molecular formula is C21H23N3O2S2. The van der Waals surface area contributed by atoms with E-state index in [0.717, 1.165) is 29.5 Å². The zero-order valence-corrected chi connectivity index (χ0v) is 17.7. The summed E-state index contributed by atoms with van der Waals surface area (Å²) in [6.07, 6.45) is 3.14. The first-order valence-corrected chi connectivity index (χ1v) is 11.3. The first kappa shape index (κ1) is 19.2. The van der Waals surface area contributed by atoms with Crippen LogP contribution in [0.3, 0.4) is 0 Å². The van der Waals surface area contributed by atoms with Crippen molar-refractivity contribution in [1.82, 2.24) is 14.9 Å². The molecule has 4 rings (SSSR count). The van der Waals surface area contributed by atoms with Gasteiger partial charge >= 0.3 is 0 Å². The van der Waals surface area contributed by atoms with E-state index in [1.54, 1.807) is 23.0 Å². The largest absolute Gasteiger partial charge is 0.355 e. The van der Waals surface area contributed by atoms with Crippen molar-refractivity contribution in [1.29, 1.82) is 0 Å². The molecule has 0 radical (unpaired) electrons. The van der Waals surface area contributed by atoms with Gasteiger partial charge in [0.15, 0.2) is 5.16 Å². The molecule has 1 aliphatic rings. The number of nitrogens with one attached hydrogen (secondary N) is 1. The maximum Gasteiger partial charge on any atom is 0.262 e. The van der Waals surface area contributed by atoms with Gasteiger partial charge < -0.3 is 5.32 Å². The summed E-state index contributed by atoms with van der Waals surface area (Å²) in [6, 6.07) is 10.1. The molecule has 1 aromatic carbocycles. The molecule has 1 N–H and O–H groups in total. The van der Waals surface area contributed by atoms with Gasteiger partial charge in [-0.2, -0.15) is 0 Å². The summed E-state index contributed by atoms with van der Waals surface area (Å²) >= 11 is 2.95. The van der Waals surface area contributed by atoms with E-state index in [1.165, 1.54) is 27.8 Å². The van der Waals surface area contributed by atoms with Gasteiger partial charge in [0.25, 0.3) is 5.56 Å². The Morgan fingerprint density at radius 2 is 2.11 bits per heavy atom. The van der Waals surface area contributed by atoms with Crippen molar-refractivity contribution in [3.63, 3.8) is 0 Å². The SMILES string of the molecule is C[C@@H](CNC(=O)CSc1nc2sc3c(c2c(=O)n1C)CCC3)c1ccccc1. The number of carbonyl (C=O) groups excluding carboxylic acids is 1. The van der Waals surface area contributed by atoms with Crippen LogP contribution in [-0.4, -0.2) is 27.8 Å². The number of thioether (sulfide) groups is 1. The first-order valence-electron chi connectivity index (χ1n) is 9.50. The van der Waals surface area contributed by atoms with Crippen LogP contribution in [0.4, 0.5) is 0 Å². The van der Waals surface area contributed by atoms with Crippen molar-refractivity contribution in [3.8, 4) is 0 Å². The Bertz CT molecular complexity index is 1070. The van der Waals surface area contributed by atoms with Gasteiger partial charge in [-0.3, -0.25) is 14.2 Å². The fraction of sp³-hybridized carbons (Fsp3) is 0.381. The number of thiophene rings is 1. The van der Waals surface area contributed by atoms with E-state index in [2.05, 4.69) is 29.4 Å². The molecule has 3 aromatic rings. The van der Waals surface area contributed by atoms with Crippen LogP contribution in [0.15, 0.2) is 40.3 Å². The van der Waals surface area contributed by atoms with E-state index in [0.29, 0.717) is 11.7 Å². The number of carbonyl (C=O) groups is 1. The molecule has 1 amide bonds. The minimum Gasteiger partial charge on any atom is -0.355 e. The molecule has 0 fully saturated rings. The molecule has 0 unspecified atom stereocenters. The second kappa shape index (κ2) is 8.09. The molecule has 0 aliphatic heterocycles. The van der Waals surface area contributed by atoms with E-state index >= 15 is 0 Å². The molecular weight excluding hydrogens is 390 g/mol. The van der Waals surface area contributed by atoms with Crippen LogP contribution in [0.25, 0.3) is 10.2 Å². The van der Waals surface area contributed by atoms with Crippen LogP contribution in [-0.2, 0) is 24.7 Å². The molecule has 0 bridgehead atoms. The molecule has 0 saturated carbocycles. The highest BCUT2D eigenvalue weighted by molar-refractivity contribution is 7.99. The standard InChI is InChI=1S/C21H23N3O2S2/c1-13(14-7-4-3-5-8-14)11-22-17(25)12-27-21-23-19-18(20(26)24(21)2)15-9-6-10-16(15)28-19/h3-5,7-8,13H,6,9-12H2,1-2H3,(H,22,25)/t13-/m0/s1. The maximum atomic E-state index is 12.8. The summed E-state index contributed by atoms with van der Waals surface area (Å²) in [7, 11) is 1.74. The highest BCUT2D eigenvalue weighted by Gasteiger charge is 2.22. The molecule has 5 nitrogen and oxygen atoms in total. The predicted octanol–water partition coefficient (Wildman–Crippen LogP) is 3.50. The van der Waals surface area contributed by atoms with Crippen LogP contribution in [0.1, 0.15) is 35.3 Å². The number of hydrogen-bond donors (Lipinski definition) is 1. The topological polar surface area (TPSA) is 64.0 Å². The monoisotopic (exact) mass is 413 g/mol. The fourth-order valence-electron chi connectivity index (χ4n) is 3.58. The smallest absolute Gasteiger partial charge is 0.262 e. The predicted molar refractivity (Wildman–Crippen MR) is 115 cm³/mol. The Labute approximate surface area is 172 Å². The first-order chi connectivity index (χ1) is 13.5. The van der Waals surface area contributed by atoms with Gasteiger partial charge in [0.05, 0.1) is 11.1 Å². The lowest BCUT2D eigenvalue weighted by atomic mass is 10.0. The lowest BCUT2D eigenvalue weighted by molar-refractivity contribution is -0.118. The van der Waals surface area contributed by atoms with E-state index in [9.17, 15) is 9.59 Å². The van der Waals surface area contributed by atoms with E-state index in [-0.39, 0.29) is 23.1 Å². The van der Waals surface area contributed by atoms with Crippen molar-refractivity contribution in [2.24, 2.45) is 7.05 Å². The molecule has 28 heavy (non-hydrogen) atoms. The van der Waals surface area contributed by atoms with Gasteiger partial charge in [0.2, 0.25) is 5.91 Å². The highest BCUT2D eigenvalue weighted by atomic mass is 32.2. The molecule has 0 spiro atoms. The van der Waals surface area contributed by atoms with Gasteiger partial charge in [0, 0.05) is 18.5 Å². The average Bonchev–Trinajstić information content (AvgIpc) is 3.29. The summed E-state index contributed by atoms with van der Waals surface area (Å²) in [5, 5.41) is 4.37. The lowest BCUT2D eigenvalue weighted by Crippen LogP contribution is -2.29. The van der Waals surface area contributed by atoms with Crippen LogP contribution in [0, 0.1) is 0 Å². The van der Waals surface area contributed by atoms with Crippen LogP contribution < -0.4 is 10.9 Å². The third kappa shape index (κ3) is 3.73. The second-order valence-electron chi connectivity index (χ2n) is 7.20. The number of aromatic nitrogens is 2. The van der Waals surface area contributed by atoms with Crippen LogP contribution in [0.5, 0.6) is 0 Å². The van der Waals surface area contributed by atoms with Gasteiger partial charge in [-0.25, -0.2) is 4.98 Å². The highest BCUT2D eigenvalue weighted by Crippen LogP contribution is 2.35. The van der Waals surface area contributed by atoms with Gasteiger partial charge in [-0.15, -0.1) is 11.3 Å². The zero-order valence-electron chi connectivity index (χ0n) is 16.0.